The number of hydrogen-bond donors (Lipinski definition) is 1. The molecule has 0 bridgehead atoms. The van der Waals surface area contributed by atoms with E-state index in [9.17, 15) is 0 Å². The number of nitrogens with zero attached hydrogens (tertiary/aromatic N) is 2. The SMILES string of the molecule is Cc1nn(CC2Cc3ccccc3S2)cc1CNC1CC1. The van der Waals surface area contributed by atoms with E-state index in [1.807, 2.05) is 11.8 Å². The summed E-state index contributed by atoms with van der Waals surface area (Å²) in [5.41, 5.74) is 4.01. The topological polar surface area (TPSA) is 29.9 Å². The third kappa shape index (κ3) is 3.01. The Labute approximate surface area is 130 Å². The molecule has 2 aliphatic rings. The molecule has 0 saturated heterocycles. The lowest BCUT2D eigenvalue weighted by atomic mass is 10.1. The third-order valence-corrected chi connectivity index (χ3v) is 5.61. The predicted molar refractivity (Wildman–Crippen MR) is 86.6 cm³/mol. The lowest BCUT2D eigenvalue weighted by molar-refractivity contribution is 0.590. The summed E-state index contributed by atoms with van der Waals surface area (Å²) < 4.78 is 2.14. The van der Waals surface area contributed by atoms with Crippen molar-refractivity contribution in [3.05, 3.63) is 47.3 Å². The van der Waals surface area contributed by atoms with Gasteiger partial charge in [-0.15, -0.1) is 11.8 Å². The molecule has 1 aliphatic heterocycles. The van der Waals surface area contributed by atoms with Gasteiger partial charge in [-0.05, 0) is 37.8 Å². The van der Waals surface area contributed by atoms with Gasteiger partial charge in [0.2, 0.25) is 0 Å². The predicted octanol–water partition coefficient (Wildman–Crippen LogP) is 3.16. The Morgan fingerprint density at radius 1 is 1.33 bits per heavy atom. The number of fused-ring (bicyclic) bond motifs is 1. The Kier molecular flexibility index (Phi) is 3.51. The van der Waals surface area contributed by atoms with Gasteiger partial charge in [-0.1, -0.05) is 18.2 Å². The highest BCUT2D eigenvalue weighted by Crippen LogP contribution is 2.37. The summed E-state index contributed by atoms with van der Waals surface area (Å²) in [6.07, 6.45) is 6.07. The second-order valence-corrected chi connectivity index (χ2v) is 7.51. The van der Waals surface area contributed by atoms with E-state index in [1.54, 1.807) is 0 Å². The molecule has 4 rings (SSSR count). The van der Waals surface area contributed by atoms with E-state index in [0.29, 0.717) is 5.25 Å². The molecule has 0 radical (unpaired) electrons. The van der Waals surface area contributed by atoms with Crippen LogP contribution in [0.4, 0.5) is 0 Å². The van der Waals surface area contributed by atoms with E-state index in [0.717, 1.165) is 25.6 Å². The van der Waals surface area contributed by atoms with Gasteiger partial charge in [0.25, 0.3) is 0 Å². The summed E-state index contributed by atoms with van der Waals surface area (Å²) in [5.74, 6) is 0. The summed E-state index contributed by atoms with van der Waals surface area (Å²) in [4.78, 5) is 1.45. The Bertz CT molecular complexity index is 620. The molecule has 110 valence electrons. The lowest BCUT2D eigenvalue weighted by Crippen LogP contribution is -2.15. The number of nitrogens with one attached hydrogen (secondary N) is 1. The number of hydrogen-bond acceptors (Lipinski definition) is 3. The minimum Gasteiger partial charge on any atom is -0.310 e. The van der Waals surface area contributed by atoms with Crippen LogP contribution < -0.4 is 5.32 Å². The van der Waals surface area contributed by atoms with Crippen LogP contribution in [-0.4, -0.2) is 21.1 Å². The molecule has 1 saturated carbocycles. The number of benzene rings is 1. The Hall–Kier alpha value is -1.26. The fourth-order valence-electron chi connectivity index (χ4n) is 2.93. The monoisotopic (exact) mass is 299 g/mol. The van der Waals surface area contributed by atoms with E-state index >= 15 is 0 Å². The van der Waals surface area contributed by atoms with Gasteiger partial charge in [0.15, 0.2) is 0 Å². The van der Waals surface area contributed by atoms with Gasteiger partial charge in [-0.3, -0.25) is 4.68 Å². The van der Waals surface area contributed by atoms with E-state index in [2.05, 4.69) is 47.4 Å². The maximum Gasteiger partial charge on any atom is 0.0638 e. The molecule has 3 nitrogen and oxygen atoms in total. The maximum absolute atomic E-state index is 4.70. The van der Waals surface area contributed by atoms with Crippen molar-refractivity contribution in [1.82, 2.24) is 15.1 Å². The standard InChI is InChI=1S/C17H21N3S/c1-12-14(9-18-15-6-7-15)10-20(19-12)11-16-8-13-4-2-3-5-17(13)21-16/h2-5,10,15-16,18H,6-9,11H2,1H3. The quantitative estimate of drug-likeness (QED) is 0.920. The molecule has 1 aromatic carbocycles. The zero-order valence-electron chi connectivity index (χ0n) is 12.4. The smallest absolute Gasteiger partial charge is 0.0638 e. The van der Waals surface area contributed by atoms with Crippen molar-refractivity contribution in [2.75, 3.05) is 0 Å². The zero-order chi connectivity index (χ0) is 14.2. The zero-order valence-corrected chi connectivity index (χ0v) is 13.2. The number of thioether (sulfide) groups is 1. The van der Waals surface area contributed by atoms with E-state index < -0.39 is 0 Å². The molecule has 1 unspecified atom stereocenters. The van der Waals surface area contributed by atoms with Gasteiger partial charge in [-0.25, -0.2) is 0 Å². The average molecular weight is 299 g/mol. The highest BCUT2D eigenvalue weighted by atomic mass is 32.2. The summed E-state index contributed by atoms with van der Waals surface area (Å²) in [6.45, 7) is 4.09. The van der Waals surface area contributed by atoms with Crippen molar-refractivity contribution in [2.45, 2.75) is 55.5 Å². The number of rotatable bonds is 5. The van der Waals surface area contributed by atoms with Crippen LogP contribution in [0.5, 0.6) is 0 Å². The molecule has 1 atom stereocenters. The molecule has 4 heteroatoms. The molecular formula is C17H21N3S. The first-order chi connectivity index (χ1) is 10.3. The van der Waals surface area contributed by atoms with Gasteiger partial charge < -0.3 is 5.32 Å². The van der Waals surface area contributed by atoms with Gasteiger partial charge in [0.05, 0.1) is 12.2 Å². The van der Waals surface area contributed by atoms with Gasteiger partial charge in [-0.2, -0.15) is 5.10 Å². The Balaban J connectivity index is 1.40. The summed E-state index contributed by atoms with van der Waals surface area (Å²) in [5, 5.41) is 8.89. The summed E-state index contributed by atoms with van der Waals surface area (Å²) >= 11 is 2.00. The van der Waals surface area contributed by atoms with Crippen LogP contribution in [0.2, 0.25) is 0 Å². The van der Waals surface area contributed by atoms with E-state index in [4.69, 9.17) is 5.10 Å². The normalized spacial score (nSPS) is 20.7. The first-order valence-electron chi connectivity index (χ1n) is 7.79. The second kappa shape index (κ2) is 5.50. The van der Waals surface area contributed by atoms with Gasteiger partial charge in [0, 0.05) is 34.5 Å². The van der Waals surface area contributed by atoms with Crippen LogP contribution in [0.3, 0.4) is 0 Å². The first kappa shape index (κ1) is 13.4. The molecule has 2 aromatic rings. The third-order valence-electron chi connectivity index (χ3n) is 4.31. The Morgan fingerprint density at radius 2 is 2.19 bits per heavy atom. The maximum atomic E-state index is 4.70. The molecule has 0 spiro atoms. The fourth-order valence-corrected chi connectivity index (χ4v) is 4.24. The van der Waals surface area contributed by atoms with Gasteiger partial charge >= 0.3 is 0 Å². The lowest BCUT2D eigenvalue weighted by Gasteiger charge is -2.08. The minimum atomic E-state index is 0.617. The van der Waals surface area contributed by atoms with E-state index in [1.165, 1.54) is 34.6 Å². The highest BCUT2D eigenvalue weighted by molar-refractivity contribution is 8.00. The average Bonchev–Trinajstić information content (AvgIpc) is 3.11. The minimum absolute atomic E-state index is 0.617. The number of aromatic nitrogens is 2. The molecule has 2 heterocycles. The van der Waals surface area contributed by atoms with Crippen LogP contribution in [-0.2, 0) is 19.5 Å². The summed E-state index contributed by atoms with van der Waals surface area (Å²) in [6, 6.07) is 9.52. The van der Waals surface area contributed by atoms with E-state index in [-0.39, 0.29) is 0 Å². The molecule has 21 heavy (non-hydrogen) atoms. The van der Waals surface area contributed by atoms with Crippen molar-refractivity contribution in [2.24, 2.45) is 0 Å². The first-order valence-corrected chi connectivity index (χ1v) is 8.67. The van der Waals surface area contributed by atoms with Crippen molar-refractivity contribution in [1.29, 1.82) is 0 Å². The second-order valence-electron chi connectivity index (χ2n) is 6.17. The van der Waals surface area contributed by atoms with Crippen LogP contribution in [0.15, 0.2) is 35.4 Å². The van der Waals surface area contributed by atoms with Crippen molar-refractivity contribution in [3.8, 4) is 0 Å². The molecule has 1 N–H and O–H groups in total. The molecule has 0 amide bonds. The Morgan fingerprint density at radius 3 is 3.00 bits per heavy atom. The summed E-state index contributed by atoms with van der Waals surface area (Å²) in [7, 11) is 0. The largest absolute Gasteiger partial charge is 0.310 e. The molecule has 1 fully saturated rings. The molecule has 1 aliphatic carbocycles. The van der Waals surface area contributed by atoms with Crippen LogP contribution >= 0.6 is 11.8 Å². The highest BCUT2D eigenvalue weighted by Gasteiger charge is 2.23. The number of aryl methyl sites for hydroxylation is 1. The molecule has 1 aromatic heterocycles. The van der Waals surface area contributed by atoms with Crippen molar-refractivity contribution in [3.63, 3.8) is 0 Å². The van der Waals surface area contributed by atoms with Gasteiger partial charge in [0.1, 0.15) is 0 Å². The van der Waals surface area contributed by atoms with Crippen LogP contribution in [0.1, 0.15) is 29.7 Å². The molecular weight excluding hydrogens is 278 g/mol. The van der Waals surface area contributed by atoms with Crippen LogP contribution in [0, 0.1) is 6.92 Å². The fraction of sp³-hybridized carbons (Fsp3) is 0.471. The van der Waals surface area contributed by atoms with Crippen molar-refractivity contribution < 1.29 is 0 Å². The van der Waals surface area contributed by atoms with Crippen molar-refractivity contribution >= 4 is 11.8 Å². The van der Waals surface area contributed by atoms with Crippen LogP contribution in [0.25, 0.3) is 0 Å².